The largest absolute Gasteiger partial charge is 0.373 e. The lowest BCUT2D eigenvalue weighted by molar-refractivity contribution is -0.141. The molecule has 1 N–H and O–H groups in total. The Kier molecular flexibility index (Phi) is 5.04. The summed E-state index contributed by atoms with van der Waals surface area (Å²) in [6.07, 6.45) is 1.84. The summed E-state index contributed by atoms with van der Waals surface area (Å²) >= 11 is 3.44. The molecule has 1 unspecified atom stereocenters. The predicted molar refractivity (Wildman–Crippen MR) is 87.1 cm³/mol. The average molecular weight is 353 g/mol. The molecule has 1 heterocycles. The topological polar surface area (TPSA) is 49.4 Å². The minimum atomic E-state index is -0.452. The van der Waals surface area contributed by atoms with Gasteiger partial charge in [-0.3, -0.25) is 14.5 Å². The fourth-order valence-corrected chi connectivity index (χ4v) is 3.43. The highest BCUT2D eigenvalue weighted by Gasteiger charge is 2.41. The molecule has 1 atom stereocenters. The summed E-state index contributed by atoms with van der Waals surface area (Å²) in [6.45, 7) is 6.01. The molecular formula is C16H21BrN2O2. The quantitative estimate of drug-likeness (QED) is 0.825. The van der Waals surface area contributed by atoms with Crippen LogP contribution >= 0.6 is 15.9 Å². The Morgan fingerprint density at radius 3 is 2.52 bits per heavy atom. The van der Waals surface area contributed by atoms with Gasteiger partial charge < -0.3 is 5.32 Å². The Balaban J connectivity index is 2.15. The molecule has 2 amide bonds. The number of hydrogen-bond donors (Lipinski definition) is 1. The Bertz CT molecular complexity index is 535. The van der Waals surface area contributed by atoms with Gasteiger partial charge >= 0.3 is 0 Å². The number of imide groups is 1. The Labute approximate surface area is 134 Å². The fraction of sp³-hybridized carbons (Fsp3) is 0.500. The van der Waals surface area contributed by atoms with E-state index in [1.165, 1.54) is 4.90 Å². The highest BCUT2D eigenvalue weighted by Crippen LogP contribution is 2.25. The molecule has 4 nitrogen and oxygen atoms in total. The van der Waals surface area contributed by atoms with Crippen LogP contribution in [0.5, 0.6) is 0 Å². The molecule has 1 fully saturated rings. The molecule has 21 heavy (non-hydrogen) atoms. The van der Waals surface area contributed by atoms with Crippen molar-refractivity contribution in [3.63, 3.8) is 0 Å². The standard InChI is InChI=1S/C16H21BrN2O2/c1-4-13(5-2)19-15(20)9-14(16(19)21)18-12-7-10(3)6-11(17)8-12/h6-8,13-14,18H,4-5,9H2,1-3H3. The normalized spacial score (nSPS) is 18.7. The van der Waals surface area contributed by atoms with E-state index >= 15 is 0 Å². The number of anilines is 1. The van der Waals surface area contributed by atoms with E-state index in [0.717, 1.165) is 28.6 Å². The second-order valence-corrected chi connectivity index (χ2v) is 6.41. The van der Waals surface area contributed by atoms with Gasteiger partial charge in [0.05, 0.1) is 6.42 Å². The van der Waals surface area contributed by atoms with E-state index in [2.05, 4.69) is 21.2 Å². The third-order valence-corrected chi connectivity index (χ3v) is 4.33. The number of aryl methyl sites for hydroxylation is 1. The number of nitrogens with one attached hydrogen (secondary N) is 1. The van der Waals surface area contributed by atoms with Crippen LogP contribution in [0.25, 0.3) is 0 Å². The van der Waals surface area contributed by atoms with Crippen LogP contribution in [-0.2, 0) is 9.59 Å². The van der Waals surface area contributed by atoms with E-state index in [9.17, 15) is 9.59 Å². The lowest BCUT2D eigenvalue weighted by Crippen LogP contribution is -2.41. The molecule has 0 radical (unpaired) electrons. The molecule has 1 aromatic rings. The van der Waals surface area contributed by atoms with E-state index in [0.29, 0.717) is 0 Å². The van der Waals surface area contributed by atoms with Crippen molar-refractivity contribution in [1.82, 2.24) is 4.90 Å². The van der Waals surface area contributed by atoms with E-state index in [1.807, 2.05) is 39.0 Å². The molecule has 0 saturated carbocycles. The molecule has 0 bridgehead atoms. The minimum absolute atomic E-state index is 0.0149. The number of likely N-dealkylation sites (tertiary alicyclic amines) is 1. The molecular weight excluding hydrogens is 332 g/mol. The number of halogens is 1. The fourth-order valence-electron chi connectivity index (χ4n) is 2.82. The van der Waals surface area contributed by atoms with Crippen molar-refractivity contribution in [2.75, 3.05) is 5.32 Å². The average Bonchev–Trinajstić information content (AvgIpc) is 2.67. The van der Waals surface area contributed by atoms with Crippen LogP contribution in [-0.4, -0.2) is 28.8 Å². The maximum atomic E-state index is 12.5. The van der Waals surface area contributed by atoms with Crippen molar-refractivity contribution in [2.45, 2.75) is 52.1 Å². The molecule has 5 heteroatoms. The molecule has 1 aliphatic heterocycles. The van der Waals surface area contributed by atoms with Crippen molar-refractivity contribution in [1.29, 1.82) is 0 Å². The Hall–Kier alpha value is -1.36. The number of rotatable bonds is 5. The highest BCUT2D eigenvalue weighted by molar-refractivity contribution is 9.10. The van der Waals surface area contributed by atoms with Gasteiger partial charge in [-0.2, -0.15) is 0 Å². The number of amides is 2. The summed E-state index contributed by atoms with van der Waals surface area (Å²) in [5.74, 6) is -0.177. The van der Waals surface area contributed by atoms with Crippen LogP contribution in [0.4, 0.5) is 5.69 Å². The summed E-state index contributed by atoms with van der Waals surface area (Å²) in [6, 6.07) is 5.46. The SMILES string of the molecule is CCC(CC)N1C(=O)CC(Nc2cc(C)cc(Br)c2)C1=O. The maximum Gasteiger partial charge on any atom is 0.252 e. The molecule has 1 aromatic carbocycles. The third-order valence-electron chi connectivity index (χ3n) is 3.87. The molecule has 1 saturated heterocycles. The van der Waals surface area contributed by atoms with E-state index in [4.69, 9.17) is 0 Å². The van der Waals surface area contributed by atoms with Crippen LogP contribution in [0.3, 0.4) is 0 Å². The van der Waals surface area contributed by atoms with E-state index < -0.39 is 6.04 Å². The number of carbonyl (C=O) groups is 2. The summed E-state index contributed by atoms with van der Waals surface area (Å²) in [5.41, 5.74) is 1.96. The zero-order chi connectivity index (χ0) is 15.6. The lowest BCUT2D eigenvalue weighted by Gasteiger charge is -2.24. The first-order valence-electron chi connectivity index (χ1n) is 7.35. The molecule has 2 rings (SSSR count). The van der Waals surface area contributed by atoms with Gasteiger partial charge in [0, 0.05) is 16.2 Å². The Morgan fingerprint density at radius 1 is 1.29 bits per heavy atom. The monoisotopic (exact) mass is 352 g/mol. The first-order valence-corrected chi connectivity index (χ1v) is 8.15. The first-order chi connectivity index (χ1) is 9.96. The van der Waals surface area contributed by atoms with Gasteiger partial charge in [0.15, 0.2) is 0 Å². The molecule has 0 aliphatic carbocycles. The van der Waals surface area contributed by atoms with Gasteiger partial charge in [0.2, 0.25) is 5.91 Å². The number of nitrogens with zero attached hydrogens (tertiary/aromatic N) is 1. The highest BCUT2D eigenvalue weighted by atomic mass is 79.9. The van der Waals surface area contributed by atoms with Crippen LogP contribution < -0.4 is 5.32 Å². The Morgan fingerprint density at radius 2 is 1.95 bits per heavy atom. The second kappa shape index (κ2) is 6.60. The lowest BCUT2D eigenvalue weighted by atomic mass is 10.1. The number of benzene rings is 1. The van der Waals surface area contributed by atoms with Crippen LogP contribution in [0.2, 0.25) is 0 Å². The van der Waals surface area contributed by atoms with Crippen molar-refractivity contribution < 1.29 is 9.59 Å². The second-order valence-electron chi connectivity index (χ2n) is 5.49. The zero-order valence-corrected chi connectivity index (χ0v) is 14.2. The summed E-state index contributed by atoms with van der Waals surface area (Å²) in [4.78, 5) is 26.1. The molecule has 1 aliphatic rings. The van der Waals surface area contributed by atoms with Crippen LogP contribution in [0, 0.1) is 6.92 Å². The number of carbonyl (C=O) groups excluding carboxylic acids is 2. The van der Waals surface area contributed by atoms with E-state index in [1.54, 1.807) is 0 Å². The van der Waals surface area contributed by atoms with E-state index in [-0.39, 0.29) is 24.3 Å². The van der Waals surface area contributed by atoms with Gasteiger partial charge in [-0.25, -0.2) is 0 Å². The summed E-state index contributed by atoms with van der Waals surface area (Å²) < 4.78 is 0.957. The van der Waals surface area contributed by atoms with Gasteiger partial charge in [-0.15, -0.1) is 0 Å². The van der Waals surface area contributed by atoms with Gasteiger partial charge in [-0.05, 0) is 43.5 Å². The van der Waals surface area contributed by atoms with Gasteiger partial charge in [0.25, 0.3) is 5.91 Å². The van der Waals surface area contributed by atoms with Crippen LogP contribution in [0.15, 0.2) is 22.7 Å². The summed E-state index contributed by atoms with van der Waals surface area (Å²) in [7, 11) is 0. The third kappa shape index (κ3) is 3.46. The van der Waals surface area contributed by atoms with Gasteiger partial charge in [-0.1, -0.05) is 29.8 Å². The summed E-state index contributed by atoms with van der Waals surface area (Å²) in [5, 5.41) is 3.19. The molecule has 114 valence electrons. The zero-order valence-electron chi connectivity index (χ0n) is 12.6. The smallest absolute Gasteiger partial charge is 0.252 e. The molecule has 0 spiro atoms. The predicted octanol–water partition coefficient (Wildman–Crippen LogP) is 3.49. The van der Waals surface area contributed by atoms with Crippen molar-refractivity contribution in [2.24, 2.45) is 0 Å². The van der Waals surface area contributed by atoms with Gasteiger partial charge in [0.1, 0.15) is 6.04 Å². The minimum Gasteiger partial charge on any atom is -0.373 e. The maximum absolute atomic E-state index is 12.5. The molecule has 0 aromatic heterocycles. The van der Waals surface area contributed by atoms with Crippen LogP contribution in [0.1, 0.15) is 38.7 Å². The van der Waals surface area contributed by atoms with Crippen molar-refractivity contribution in [3.05, 3.63) is 28.2 Å². The first kappa shape index (κ1) is 16.0. The number of hydrogen-bond acceptors (Lipinski definition) is 3. The van der Waals surface area contributed by atoms with Crippen molar-refractivity contribution in [3.8, 4) is 0 Å². The van der Waals surface area contributed by atoms with Crippen molar-refractivity contribution >= 4 is 33.4 Å².